The highest BCUT2D eigenvalue weighted by Gasteiger charge is 2.46. The second kappa shape index (κ2) is 16.9. The predicted octanol–water partition coefficient (Wildman–Crippen LogP) is 4.72. The number of carbonyl (C=O) groups is 3. The minimum absolute atomic E-state index is 0.326. The number of ether oxygens (including phenoxy) is 4. The SMILES string of the molecule is CCOC(=O)N1CCC2(CC1)OC(=O)Nc1ncc(CCCOCCOCCCN(C)C=O)cc12.Cc1cc(C)c2[nH]ncc2c1. The Morgan fingerprint density at radius 1 is 1.09 bits per heavy atom. The molecule has 13 nitrogen and oxygen atoms in total. The van der Waals surface area contributed by atoms with E-state index in [1.807, 2.05) is 12.3 Å². The number of piperidine rings is 1. The number of hydrogen-bond donors (Lipinski definition) is 2. The zero-order valence-corrected chi connectivity index (χ0v) is 27.3. The van der Waals surface area contributed by atoms with Crippen LogP contribution in [-0.4, -0.2) is 103 Å². The van der Waals surface area contributed by atoms with Gasteiger partial charge in [-0.2, -0.15) is 5.10 Å². The Morgan fingerprint density at radius 3 is 2.54 bits per heavy atom. The summed E-state index contributed by atoms with van der Waals surface area (Å²) in [5.74, 6) is 0.516. The van der Waals surface area contributed by atoms with Crippen LogP contribution in [0.15, 0.2) is 30.6 Å². The minimum Gasteiger partial charge on any atom is -0.450 e. The zero-order chi connectivity index (χ0) is 32.9. The van der Waals surface area contributed by atoms with Gasteiger partial charge in [-0.25, -0.2) is 14.6 Å². The Bertz CT molecular complexity index is 1450. The number of carbonyl (C=O) groups excluding carboxylic acids is 3. The summed E-state index contributed by atoms with van der Waals surface area (Å²) in [6.45, 7) is 10.1. The van der Waals surface area contributed by atoms with Crippen molar-refractivity contribution in [2.45, 2.75) is 58.5 Å². The normalized spacial score (nSPS) is 15.0. The molecule has 0 bridgehead atoms. The van der Waals surface area contributed by atoms with Gasteiger partial charge in [-0.15, -0.1) is 0 Å². The molecule has 4 heterocycles. The fourth-order valence-corrected chi connectivity index (χ4v) is 5.67. The first-order valence-electron chi connectivity index (χ1n) is 15.9. The van der Waals surface area contributed by atoms with Crippen LogP contribution in [0.2, 0.25) is 0 Å². The molecular weight excluding hydrogens is 592 g/mol. The number of aryl methyl sites for hydroxylation is 3. The van der Waals surface area contributed by atoms with Gasteiger partial charge in [0.05, 0.1) is 31.5 Å². The summed E-state index contributed by atoms with van der Waals surface area (Å²) in [7, 11) is 1.74. The molecule has 1 spiro atoms. The molecule has 2 aliphatic heterocycles. The lowest BCUT2D eigenvalue weighted by molar-refractivity contribution is -0.117. The molecule has 1 saturated heterocycles. The molecule has 0 atom stereocenters. The molecule has 1 aromatic carbocycles. The van der Waals surface area contributed by atoms with Gasteiger partial charge >= 0.3 is 12.2 Å². The molecule has 0 unspecified atom stereocenters. The second-order valence-electron chi connectivity index (χ2n) is 11.6. The van der Waals surface area contributed by atoms with Crippen LogP contribution < -0.4 is 5.32 Å². The maximum atomic E-state index is 12.2. The molecule has 5 rings (SSSR count). The third-order valence-corrected chi connectivity index (χ3v) is 8.04. The van der Waals surface area contributed by atoms with Crippen LogP contribution in [-0.2, 0) is 35.8 Å². The quantitative estimate of drug-likeness (QED) is 0.201. The summed E-state index contributed by atoms with van der Waals surface area (Å²) in [5, 5.41) is 10.8. The number of likely N-dealkylation sites (tertiary alicyclic amines) is 1. The summed E-state index contributed by atoms with van der Waals surface area (Å²) in [5.41, 5.74) is 4.80. The van der Waals surface area contributed by atoms with Crippen LogP contribution >= 0.6 is 0 Å². The second-order valence-corrected chi connectivity index (χ2v) is 11.6. The van der Waals surface area contributed by atoms with Crippen molar-refractivity contribution in [3.63, 3.8) is 0 Å². The topological polar surface area (TPSA) is 148 Å². The monoisotopic (exact) mass is 638 g/mol. The van der Waals surface area contributed by atoms with Gasteiger partial charge in [-0.3, -0.25) is 15.2 Å². The maximum Gasteiger partial charge on any atom is 0.413 e. The fourth-order valence-electron chi connectivity index (χ4n) is 5.67. The summed E-state index contributed by atoms with van der Waals surface area (Å²) in [6.07, 6.45) is 6.95. The van der Waals surface area contributed by atoms with E-state index in [1.54, 1.807) is 30.0 Å². The van der Waals surface area contributed by atoms with Crippen molar-refractivity contribution < 1.29 is 33.3 Å². The van der Waals surface area contributed by atoms with Gasteiger partial charge in [0.15, 0.2) is 0 Å². The Kier molecular flexibility index (Phi) is 12.7. The number of amides is 3. The van der Waals surface area contributed by atoms with Crippen molar-refractivity contribution in [1.82, 2.24) is 25.0 Å². The number of benzene rings is 1. The number of H-pyrrole nitrogens is 1. The summed E-state index contributed by atoms with van der Waals surface area (Å²) in [6, 6.07) is 6.33. The summed E-state index contributed by atoms with van der Waals surface area (Å²) >= 11 is 0. The van der Waals surface area contributed by atoms with Crippen LogP contribution in [0.5, 0.6) is 0 Å². The highest BCUT2D eigenvalue weighted by atomic mass is 16.6. The van der Waals surface area contributed by atoms with E-state index < -0.39 is 11.7 Å². The number of hydrogen-bond acceptors (Lipinski definition) is 9. The molecule has 250 valence electrons. The first kappa shape index (κ1) is 34.6. The predicted molar refractivity (Wildman–Crippen MR) is 173 cm³/mol. The van der Waals surface area contributed by atoms with Crippen LogP contribution in [0.4, 0.5) is 15.4 Å². The number of rotatable bonds is 13. The Morgan fingerprint density at radius 2 is 1.83 bits per heavy atom. The van der Waals surface area contributed by atoms with E-state index in [2.05, 4.69) is 46.5 Å². The number of nitrogens with zero attached hydrogens (tertiary/aromatic N) is 4. The molecule has 1 fully saturated rings. The van der Waals surface area contributed by atoms with E-state index in [0.29, 0.717) is 71.3 Å². The molecule has 13 heteroatoms. The first-order chi connectivity index (χ1) is 22.2. The van der Waals surface area contributed by atoms with Gasteiger partial charge in [0, 0.05) is 69.9 Å². The van der Waals surface area contributed by atoms with Crippen molar-refractivity contribution in [3.05, 3.63) is 52.8 Å². The Labute approximate surface area is 269 Å². The van der Waals surface area contributed by atoms with Crippen LogP contribution in [0.25, 0.3) is 10.9 Å². The number of aromatic nitrogens is 3. The molecule has 0 saturated carbocycles. The Hall–Kier alpha value is -4.23. The van der Waals surface area contributed by atoms with Crippen molar-refractivity contribution in [1.29, 1.82) is 0 Å². The number of fused-ring (bicyclic) bond motifs is 3. The highest BCUT2D eigenvalue weighted by Crippen LogP contribution is 2.43. The maximum absolute atomic E-state index is 12.2. The average Bonchev–Trinajstić information content (AvgIpc) is 3.52. The minimum atomic E-state index is -0.794. The number of aromatic amines is 1. The van der Waals surface area contributed by atoms with Crippen molar-refractivity contribution in [2.24, 2.45) is 0 Å². The molecule has 2 N–H and O–H groups in total. The highest BCUT2D eigenvalue weighted by molar-refractivity contribution is 5.87. The third kappa shape index (κ3) is 9.39. The Balaban J connectivity index is 0.000000363. The van der Waals surface area contributed by atoms with E-state index >= 15 is 0 Å². The molecule has 46 heavy (non-hydrogen) atoms. The number of pyridine rings is 1. The van der Waals surface area contributed by atoms with Crippen LogP contribution in [0.1, 0.15) is 54.9 Å². The molecule has 2 aromatic heterocycles. The molecule has 0 radical (unpaired) electrons. The lowest BCUT2D eigenvalue weighted by Crippen LogP contribution is -2.50. The van der Waals surface area contributed by atoms with Crippen molar-refractivity contribution in [2.75, 3.05) is 65.0 Å². The number of nitrogens with one attached hydrogen (secondary N) is 2. The molecule has 0 aliphatic carbocycles. The molecular formula is C33H46N6O7. The van der Waals surface area contributed by atoms with E-state index in [0.717, 1.165) is 42.3 Å². The van der Waals surface area contributed by atoms with Gasteiger partial charge in [0.1, 0.15) is 11.4 Å². The van der Waals surface area contributed by atoms with Gasteiger partial charge in [-0.1, -0.05) is 11.6 Å². The van der Waals surface area contributed by atoms with Crippen LogP contribution in [0.3, 0.4) is 0 Å². The summed E-state index contributed by atoms with van der Waals surface area (Å²) in [4.78, 5) is 42.5. The summed E-state index contributed by atoms with van der Waals surface area (Å²) < 4.78 is 22.0. The smallest absolute Gasteiger partial charge is 0.413 e. The average molecular weight is 639 g/mol. The van der Waals surface area contributed by atoms with E-state index in [4.69, 9.17) is 18.9 Å². The molecule has 3 amide bonds. The number of anilines is 1. The van der Waals surface area contributed by atoms with E-state index in [9.17, 15) is 14.4 Å². The van der Waals surface area contributed by atoms with Crippen molar-refractivity contribution in [3.8, 4) is 0 Å². The first-order valence-corrected chi connectivity index (χ1v) is 15.9. The fraction of sp³-hybridized carbons (Fsp3) is 0.545. The third-order valence-electron chi connectivity index (χ3n) is 8.04. The van der Waals surface area contributed by atoms with E-state index in [-0.39, 0.29) is 6.09 Å². The van der Waals surface area contributed by atoms with Gasteiger partial charge in [0.2, 0.25) is 6.41 Å². The molecule has 3 aromatic rings. The van der Waals surface area contributed by atoms with E-state index in [1.165, 1.54) is 16.5 Å². The van der Waals surface area contributed by atoms with Crippen LogP contribution in [0, 0.1) is 13.8 Å². The lowest BCUT2D eigenvalue weighted by atomic mass is 9.83. The largest absolute Gasteiger partial charge is 0.450 e. The lowest BCUT2D eigenvalue weighted by Gasteiger charge is -2.43. The van der Waals surface area contributed by atoms with Gasteiger partial charge in [0.25, 0.3) is 0 Å². The standard InChI is InChI=1S/C24H36N4O7.C9H10N2/c1-3-34-23(31)28-10-7-24(8-11-28)20-16-19(17-25-21(20)26-22(30)35-24)6-4-12-32-14-15-33-13-5-9-27(2)18-29;1-6-3-7(2)9-8(4-6)5-10-11-9/h16-18H,3-15H2,1-2H3,(H,25,26,30);3-5H,1-2H3,(H,10,11). The van der Waals surface area contributed by atoms with Gasteiger partial charge < -0.3 is 28.7 Å². The zero-order valence-electron chi connectivity index (χ0n) is 27.3. The van der Waals surface area contributed by atoms with Crippen molar-refractivity contribution >= 4 is 35.3 Å². The molecule has 2 aliphatic rings. The van der Waals surface area contributed by atoms with Gasteiger partial charge in [-0.05, 0) is 63.3 Å².